The molecular formula is C15H16F2N4O2. The van der Waals surface area contributed by atoms with Gasteiger partial charge in [0.25, 0.3) is 0 Å². The van der Waals surface area contributed by atoms with Crippen molar-refractivity contribution in [3.8, 4) is 0 Å². The molecule has 0 saturated heterocycles. The van der Waals surface area contributed by atoms with Crippen LogP contribution in [0.5, 0.6) is 0 Å². The molecule has 1 aliphatic heterocycles. The molecule has 23 heavy (non-hydrogen) atoms. The van der Waals surface area contributed by atoms with Crippen LogP contribution in [-0.4, -0.2) is 20.3 Å². The highest BCUT2D eigenvalue weighted by Gasteiger charge is 2.17. The lowest BCUT2D eigenvalue weighted by atomic mass is 10.2. The van der Waals surface area contributed by atoms with Gasteiger partial charge in [0.05, 0.1) is 5.69 Å². The van der Waals surface area contributed by atoms with Gasteiger partial charge in [-0.05, 0) is 25.0 Å². The maximum Gasteiger partial charge on any atom is 0.346 e. The van der Waals surface area contributed by atoms with E-state index in [1.807, 2.05) is 0 Å². The van der Waals surface area contributed by atoms with Crippen LogP contribution in [0.25, 0.3) is 0 Å². The molecule has 0 radical (unpaired) electrons. The highest BCUT2D eigenvalue weighted by molar-refractivity contribution is 5.90. The number of benzene rings is 1. The highest BCUT2D eigenvalue weighted by atomic mass is 19.1. The molecule has 3 rings (SSSR count). The third kappa shape index (κ3) is 3.30. The number of carbonyl (C=O) groups is 1. The summed E-state index contributed by atoms with van der Waals surface area (Å²) in [5.74, 6) is -1.37. The van der Waals surface area contributed by atoms with E-state index in [9.17, 15) is 18.4 Å². The molecule has 0 aliphatic carbocycles. The highest BCUT2D eigenvalue weighted by Crippen LogP contribution is 2.15. The second-order valence-corrected chi connectivity index (χ2v) is 5.49. The molecule has 6 nitrogen and oxygen atoms in total. The van der Waals surface area contributed by atoms with E-state index in [1.54, 1.807) is 4.57 Å². The van der Waals surface area contributed by atoms with E-state index in [2.05, 4.69) is 10.4 Å². The van der Waals surface area contributed by atoms with Crippen molar-refractivity contribution in [2.45, 2.75) is 38.8 Å². The zero-order chi connectivity index (χ0) is 16.4. The van der Waals surface area contributed by atoms with Crippen molar-refractivity contribution in [1.29, 1.82) is 0 Å². The lowest BCUT2D eigenvalue weighted by molar-refractivity contribution is -0.117. The van der Waals surface area contributed by atoms with Crippen molar-refractivity contribution >= 4 is 11.6 Å². The van der Waals surface area contributed by atoms with Gasteiger partial charge in [-0.3, -0.25) is 9.36 Å². The quantitative estimate of drug-likeness (QED) is 0.935. The van der Waals surface area contributed by atoms with Crippen LogP contribution in [-0.2, 0) is 24.3 Å². The Bertz CT molecular complexity index is 797. The maximum absolute atomic E-state index is 13.5. The summed E-state index contributed by atoms with van der Waals surface area (Å²) in [6.45, 7) is 0.253. The SMILES string of the molecule is O=C(Cn1nc2n(c1=O)CCCCC2)Nc1cc(F)ccc1F. The summed E-state index contributed by atoms with van der Waals surface area (Å²) in [6, 6.07) is 2.77. The number of amides is 1. The first-order chi connectivity index (χ1) is 11.0. The van der Waals surface area contributed by atoms with Gasteiger partial charge >= 0.3 is 5.69 Å². The second-order valence-electron chi connectivity index (χ2n) is 5.49. The van der Waals surface area contributed by atoms with Crippen LogP contribution in [0.1, 0.15) is 25.1 Å². The van der Waals surface area contributed by atoms with Crippen molar-refractivity contribution in [1.82, 2.24) is 14.3 Å². The Kier molecular flexibility index (Phi) is 4.22. The monoisotopic (exact) mass is 322 g/mol. The molecule has 2 aromatic rings. The molecule has 2 heterocycles. The number of rotatable bonds is 3. The largest absolute Gasteiger partial charge is 0.346 e. The molecule has 1 aliphatic rings. The molecule has 0 saturated carbocycles. The molecule has 0 fully saturated rings. The zero-order valence-electron chi connectivity index (χ0n) is 12.4. The van der Waals surface area contributed by atoms with E-state index < -0.39 is 17.5 Å². The van der Waals surface area contributed by atoms with Gasteiger partial charge in [0.15, 0.2) is 0 Å². The Labute approximate surface area is 130 Å². The number of nitrogens with one attached hydrogen (secondary N) is 1. The van der Waals surface area contributed by atoms with E-state index in [0.29, 0.717) is 18.8 Å². The Morgan fingerprint density at radius 2 is 2.09 bits per heavy atom. The van der Waals surface area contributed by atoms with Crippen LogP contribution in [0.4, 0.5) is 14.5 Å². The van der Waals surface area contributed by atoms with E-state index in [4.69, 9.17) is 0 Å². The number of carbonyl (C=O) groups excluding carboxylic acids is 1. The number of aryl methyl sites for hydroxylation is 1. The number of anilines is 1. The second kappa shape index (κ2) is 6.31. The fourth-order valence-corrected chi connectivity index (χ4v) is 2.65. The predicted molar refractivity (Wildman–Crippen MR) is 79.0 cm³/mol. The standard InChI is InChI=1S/C15H16F2N4O2/c16-10-5-6-11(17)12(8-10)18-14(22)9-21-15(23)20-7-3-1-2-4-13(20)19-21/h5-6,8H,1-4,7,9H2,(H,18,22). The molecule has 1 N–H and O–H groups in total. The zero-order valence-corrected chi connectivity index (χ0v) is 12.4. The van der Waals surface area contributed by atoms with Gasteiger partial charge in [-0.25, -0.2) is 18.3 Å². The number of aromatic nitrogens is 3. The van der Waals surface area contributed by atoms with E-state index in [0.717, 1.165) is 42.1 Å². The summed E-state index contributed by atoms with van der Waals surface area (Å²) < 4.78 is 29.2. The summed E-state index contributed by atoms with van der Waals surface area (Å²) in [6.07, 6.45) is 3.60. The molecular weight excluding hydrogens is 306 g/mol. The number of hydrogen-bond acceptors (Lipinski definition) is 3. The van der Waals surface area contributed by atoms with Gasteiger partial charge in [-0.2, -0.15) is 5.10 Å². The summed E-state index contributed by atoms with van der Waals surface area (Å²) in [7, 11) is 0. The number of hydrogen-bond donors (Lipinski definition) is 1. The Balaban J connectivity index is 1.76. The normalized spacial score (nSPS) is 14.2. The Morgan fingerprint density at radius 3 is 2.91 bits per heavy atom. The number of fused-ring (bicyclic) bond motifs is 1. The molecule has 0 unspecified atom stereocenters. The van der Waals surface area contributed by atoms with E-state index in [1.165, 1.54) is 0 Å². The maximum atomic E-state index is 13.5. The molecule has 0 atom stereocenters. The van der Waals surface area contributed by atoms with Gasteiger partial charge in [-0.1, -0.05) is 6.42 Å². The van der Waals surface area contributed by atoms with Crippen molar-refractivity contribution in [2.75, 3.05) is 5.32 Å². The minimum atomic E-state index is -0.743. The predicted octanol–water partition coefficient (Wildman–Crippen LogP) is 1.69. The van der Waals surface area contributed by atoms with Crippen molar-refractivity contribution < 1.29 is 13.6 Å². The molecule has 1 aromatic carbocycles. The third-order valence-corrected chi connectivity index (χ3v) is 3.78. The number of halogens is 2. The van der Waals surface area contributed by atoms with Crippen LogP contribution in [0.3, 0.4) is 0 Å². The molecule has 1 aromatic heterocycles. The minimum Gasteiger partial charge on any atom is -0.322 e. The van der Waals surface area contributed by atoms with Crippen molar-refractivity contribution in [2.24, 2.45) is 0 Å². The van der Waals surface area contributed by atoms with E-state index in [-0.39, 0.29) is 17.9 Å². The lowest BCUT2D eigenvalue weighted by Gasteiger charge is -2.06. The van der Waals surface area contributed by atoms with Gasteiger partial charge in [0, 0.05) is 19.0 Å². The van der Waals surface area contributed by atoms with Gasteiger partial charge in [0.1, 0.15) is 24.0 Å². The van der Waals surface area contributed by atoms with Gasteiger partial charge in [-0.15, -0.1) is 0 Å². The van der Waals surface area contributed by atoms with Gasteiger partial charge in [0.2, 0.25) is 5.91 Å². The molecule has 122 valence electrons. The summed E-state index contributed by atoms with van der Waals surface area (Å²) in [4.78, 5) is 24.2. The molecule has 0 spiro atoms. The van der Waals surface area contributed by atoms with Gasteiger partial charge < -0.3 is 5.32 Å². The fourth-order valence-electron chi connectivity index (χ4n) is 2.65. The Morgan fingerprint density at radius 1 is 1.26 bits per heavy atom. The van der Waals surface area contributed by atoms with E-state index >= 15 is 0 Å². The topological polar surface area (TPSA) is 68.9 Å². The lowest BCUT2D eigenvalue weighted by Crippen LogP contribution is -2.30. The summed E-state index contributed by atoms with van der Waals surface area (Å²) >= 11 is 0. The van der Waals surface area contributed by atoms with Crippen LogP contribution < -0.4 is 11.0 Å². The van der Waals surface area contributed by atoms with Crippen molar-refractivity contribution in [3.63, 3.8) is 0 Å². The fraction of sp³-hybridized carbons (Fsp3) is 0.400. The third-order valence-electron chi connectivity index (χ3n) is 3.78. The molecule has 1 amide bonds. The molecule has 0 bridgehead atoms. The first-order valence-corrected chi connectivity index (χ1v) is 7.46. The van der Waals surface area contributed by atoms with Crippen LogP contribution in [0.2, 0.25) is 0 Å². The van der Waals surface area contributed by atoms with Crippen LogP contribution in [0.15, 0.2) is 23.0 Å². The minimum absolute atomic E-state index is 0.260. The van der Waals surface area contributed by atoms with Crippen LogP contribution >= 0.6 is 0 Å². The Hall–Kier alpha value is -2.51. The first kappa shape index (κ1) is 15.4. The summed E-state index contributed by atoms with van der Waals surface area (Å²) in [5.41, 5.74) is -0.611. The smallest absolute Gasteiger partial charge is 0.322 e. The average Bonchev–Trinajstić information content (AvgIpc) is 2.68. The molecule has 8 heteroatoms. The summed E-state index contributed by atoms with van der Waals surface area (Å²) in [5, 5.41) is 6.43. The van der Waals surface area contributed by atoms with Crippen LogP contribution in [0, 0.1) is 11.6 Å². The average molecular weight is 322 g/mol. The number of nitrogens with zero attached hydrogens (tertiary/aromatic N) is 3. The van der Waals surface area contributed by atoms with Crippen molar-refractivity contribution in [3.05, 3.63) is 46.1 Å². The first-order valence-electron chi connectivity index (χ1n) is 7.46.